The number of sulfone groups is 1. The summed E-state index contributed by atoms with van der Waals surface area (Å²) >= 11 is 0. The third kappa shape index (κ3) is 6.79. The normalized spacial score (nSPS) is 15.5. The first-order chi connectivity index (χ1) is 7.30. The van der Waals surface area contributed by atoms with Crippen LogP contribution in [0.15, 0.2) is 0 Å². The summed E-state index contributed by atoms with van der Waals surface area (Å²) in [6.07, 6.45) is 1.75. The lowest BCUT2D eigenvalue weighted by Gasteiger charge is -2.20. The molecule has 0 amide bonds. The number of esters is 1. The minimum atomic E-state index is -3.03. The molecule has 0 heterocycles. The molecule has 2 unspecified atom stereocenters. The van der Waals surface area contributed by atoms with Gasteiger partial charge in [-0.15, -0.1) is 0 Å². The van der Waals surface area contributed by atoms with Gasteiger partial charge in [-0.3, -0.25) is 4.79 Å². The Bertz CT molecular complexity index is 313. The SMILES string of the molecule is CCOC(=O)C(CC)NC(C)CS(C)(=O)=O. The second-order valence-corrected chi connectivity index (χ2v) is 6.06. The van der Waals surface area contributed by atoms with Gasteiger partial charge in [0.25, 0.3) is 0 Å². The van der Waals surface area contributed by atoms with Crippen molar-refractivity contribution in [3.63, 3.8) is 0 Å². The van der Waals surface area contributed by atoms with E-state index in [1.807, 2.05) is 6.92 Å². The Morgan fingerprint density at radius 1 is 1.38 bits per heavy atom. The van der Waals surface area contributed by atoms with E-state index in [1.54, 1.807) is 13.8 Å². The van der Waals surface area contributed by atoms with Crippen LogP contribution in [0.25, 0.3) is 0 Å². The molecule has 0 bridgehead atoms. The largest absolute Gasteiger partial charge is 0.465 e. The second-order valence-electron chi connectivity index (χ2n) is 3.87. The van der Waals surface area contributed by atoms with E-state index in [9.17, 15) is 13.2 Å². The summed E-state index contributed by atoms with van der Waals surface area (Å²) in [4.78, 5) is 11.4. The minimum absolute atomic E-state index is 0.0168. The van der Waals surface area contributed by atoms with E-state index < -0.39 is 15.9 Å². The summed E-state index contributed by atoms with van der Waals surface area (Å²) < 4.78 is 27.0. The van der Waals surface area contributed by atoms with E-state index in [0.29, 0.717) is 13.0 Å². The molecule has 0 aromatic carbocycles. The van der Waals surface area contributed by atoms with Crippen LogP contribution in [0.1, 0.15) is 27.2 Å². The summed E-state index contributed by atoms with van der Waals surface area (Å²) in [5.41, 5.74) is 0. The minimum Gasteiger partial charge on any atom is -0.465 e. The van der Waals surface area contributed by atoms with E-state index in [-0.39, 0.29) is 17.8 Å². The van der Waals surface area contributed by atoms with Crippen molar-refractivity contribution in [1.82, 2.24) is 5.32 Å². The number of carbonyl (C=O) groups is 1. The fourth-order valence-corrected chi connectivity index (χ4v) is 2.45. The van der Waals surface area contributed by atoms with Gasteiger partial charge in [-0.2, -0.15) is 0 Å². The molecular weight excluding hydrogens is 230 g/mol. The maximum absolute atomic E-state index is 11.4. The van der Waals surface area contributed by atoms with Crippen molar-refractivity contribution in [3.05, 3.63) is 0 Å². The molecule has 0 fully saturated rings. The van der Waals surface area contributed by atoms with Crippen molar-refractivity contribution in [2.75, 3.05) is 18.6 Å². The van der Waals surface area contributed by atoms with Crippen LogP contribution in [-0.4, -0.2) is 45.1 Å². The van der Waals surface area contributed by atoms with Gasteiger partial charge in [0.2, 0.25) is 0 Å². The highest BCUT2D eigenvalue weighted by atomic mass is 32.2. The lowest BCUT2D eigenvalue weighted by atomic mass is 10.2. The summed E-state index contributed by atoms with van der Waals surface area (Å²) in [6, 6.07) is -0.693. The van der Waals surface area contributed by atoms with E-state index in [2.05, 4.69) is 5.32 Å². The molecule has 0 saturated carbocycles. The molecule has 0 rings (SSSR count). The van der Waals surface area contributed by atoms with Crippen LogP contribution < -0.4 is 5.32 Å². The van der Waals surface area contributed by atoms with Gasteiger partial charge in [0.1, 0.15) is 15.9 Å². The van der Waals surface area contributed by atoms with Crippen LogP contribution >= 0.6 is 0 Å². The van der Waals surface area contributed by atoms with Crippen LogP contribution in [0.5, 0.6) is 0 Å². The molecular formula is C10H21NO4S. The number of ether oxygens (including phenoxy) is 1. The maximum atomic E-state index is 11.4. The van der Waals surface area contributed by atoms with Gasteiger partial charge in [0, 0.05) is 12.3 Å². The number of nitrogens with one attached hydrogen (secondary N) is 1. The second kappa shape index (κ2) is 6.85. The number of rotatable bonds is 7. The highest BCUT2D eigenvalue weighted by Crippen LogP contribution is 1.99. The van der Waals surface area contributed by atoms with Crippen LogP contribution in [0.3, 0.4) is 0 Å². The first kappa shape index (κ1) is 15.4. The highest BCUT2D eigenvalue weighted by Gasteiger charge is 2.21. The Hall–Kier alpha value is -0.620. The molecule has 0 aromatic heterocycles. The molecule has 0 spiro atoms. The van der Waals surface area contributed by atoms with Crippen LogP contribution in [-0.2, 0) is 19.4 Å². The smallest absolute Gasteiger partial charge is 0.323 e. The predicted octanol–water partition coefficient (Wildman–Crippen LogP) is 0.351. The van der Waals surface area contributed by atoms with Gasteiger partial charge in [-0.25, -0.2) is 8.42 Å². The Labute approximate surface area is 97.5 Å². The van der Waals surface area contributed by atoms with Crippen LogP contribution in [0.2, 0.25) is 0 Å². The Kier molecular flexibility index (Phi) is 6.59. The molecule has 0 aliphatic carbocycles. The van der Waals surface area contributed by atoms with Gasteiger partial charge >= 0.3 is 5.97 Å². The Morgan fingerprint density at radius 3 is 2.31 bits per heavy atom. The molecule has 0 aromatic rings. The molecule has 1 N–H and O–H groups in total. The number of carbonyl (C=O) groups excluding carboxylic acids is 1. The fourth-order valence-electron chi connectivity index (χ4n) is 1.44. The van der Waals surface area contributed by atoms with E-state index in [0.717, 1.165) is 0 Å². The molecule has 5 nitrogen and oxygen atoms in total. The van der Waals surface area contributed by atoms with Crippen LogP contribution in [0.4, 0.5) is 0 Å². The molecule has 16 heavy (non-hydrogen) atoms. The molecule has 6 heteroatoms. The summed E-state index contributed by atoms with van der Waals surface area (Å²) in [5.74, 6) is -0.312. The zero-order chi connectivity index (χ0) is 12.8. The topological polar surface area (TPSA) is 72.5 Å². The number of hydrogen-bond acceptors (Lipinski definition) is 5. The third-order valence-electron chi connectivity index (χ3n) is 2.02. The van der Waals surface area contributed by atoms with Crippen molar-refractivity contribution in [3.8, 4) is 0 Å². The Morgan fingerprint density at radius 2 is 1.94 bits per heavy atom. The molecule has 0 saturated heterocycles. The van der Waals surface area contributed by atoms with E-state index >= 15 is 0 Å². The lowest BCUT2D eigenvalue weighted by Crippen LogP contribution is -2.45. The first-order valence-corrected chi connectivity index (χ1v) is 7.46. The zero-order valence-electron chi connectivity index (χ0n) is 10.3. The average Bonchev–Trinajstić information content (AvgIpc) is 2.11. The van der Waals surface area contributed by atoms with E-state index in [4.69, 9.17) is 4.74 Å². The molecule has 0 aliphatic rings. The van der Waals surface area contributed by atoms with Gasteiger partial charge in [-0.05, 0) is 20.3 Å². The number of hydrogen-bond donors (Lipinski definition) is 1. The third-order valence-corrected chi connectivity index (χ3v) is 3.12. The monoisotopic (exact) mass is 251 g/mol. The van der Waals surface area contributed by atoms with Crippen molar-refractivity contribution < 1.29 is 17.9 Å². The molecule has 0 radical (unpaired) electrons. The Balaban J connectivity index is 4.27. The summed E-state index contributed by atoms with van der Waals surface area (Å²) in [6.45, 7) is 5.66. The van der Waals surface area contributed by atoms with Crippen molar-refractivity contribution >= 4 is 15.8 Å². The molecule has 0 aliphatic heterocycles. The van der Waals surface area contributed by atoms with Gasteiger partial charge in [0.15, 0.2) is 0 Å². The highest BCUT2D eigenvalue weighted by molar-refractivity contribution is 7.90. The molecule has 2 atom stereocenters. The fraction of sp³-hybridized carbons (Fsp3) is 0.900. The zero-order valence-corrected chi connectivity index (χ0v) is 11.1. The van der Waals surface area contributed by atoms with Gasteiger partial charge in [-0.1, -0.05) is 6.92 Å². The molecule has 96 valence electrons. The summed E-state index contributed by atoms with van der Waals surface area (Å²) in [5, 5.41) is 2.95. The maximum Gasteiger partial charge on any atom is 0.323 e. The quantitative estimate of drug-likeness (QED) is 0.661. The van der Waals surface area contributed by atoms with Crippen molar-refractivity contribution in [1.29, 1.82) is 0 Å². The van der Waals surface area contributed by atoms with Gasteiger partial charge in [0.05, 0.1) is 12.4 Å². The van der Waals surface area contributed by atoms with Crippen molar-refractivity contribution in [2.24, 2.45) is 0 Å². The average molecular weight is 251 g/mol. The van der Waals surface area contributed by atoms with E-state index in [1.165, 1.54) is 6.26 Å². The standard InChI is InChI=1S/C10H21NO4S/c1-5-9(10(12)15-6-2)11-8(3)7-16(4,13)14/h8-9,11H,5-7H2,1-4H3. The van der Waals surface area contributed by atoms with Gasteiger partial charge < -0.3 is 10.1 Å². The summed E-state index contributed by atoms with van der Waals surface area (Å²) in [7, 11) is -3.03. The van der Waals surface area contributed by atoms with Crippen LogP contribution in [0, 0.1) is 0 Å². The first-order valence-electron chi connectivity index (χ1n) is 5.40. The van der Waals surface area contributed by atoms with Crippen molar-refractivity contribution in [2.45, 2.75) is 39.3 Å². The lowest BCUT2D eigenvalue weighted by molar-refractivity contribution is -0.145. The predicted molar refractivity (Wildman–Crippen MR) is 63.0 cm³/mol.